The molecular weight excluding hydrogens is 697 g/mol. The highest BCUT2D eigenvalue weighted by molar-refractivity contribution is 6.10. The van der Waals surface area contributed by atoms with E-state index in [1.54, 1.807) is 0 Å². The van der Waals surface area contributed by atoms with Gasteiger partial charge >= 0.3 is 0 Å². The second-order valence-electron chi connectivity index (χ2n) is 14.7. The number of benzene rings is 8. The molecule has 5 nitrogen and oxygen atoms in total. The number of nitrogens with zero attached hydrogens (tertiary/aromatic N) is 4. The van der Waals surface area contributed by atoms with E-state index >= 15 is 0 Å². The Hall–Kier alpha value is -7.50. The summed E-state index contributed by atoms with van der Waals surface area (Å²) in [4.78, 5) is 0. The standard InChI is InChI=1S/C52H36N4O/c1-3-11-35(12-4-1)33-55-47-17-9-7-15-43(47)45-31-41(27-29-49(45)55)37-19-23-39(24-20-37)51-53-54-52(57-51)40-25-21-38(22-26-40)42-28-30-50-46(32-42)44-16-8-10-18-48(44)56(50)34-36-13-5-2-6-14-36/h1-32H,33-34H2. The molecule has 11 rings (SSSR count). The van der Waals surface area contributed by atoms with Crippen LogP contribution in [0, 0.1) is 0 Å². The summed E-state index contributed by atoms with van der Waals surface area (Å²) in [5.41, 5.74) is 13.9. The first-order valence-corrected chi connectivity index (χ1v) is 19.4. The number of hydrogen-bond donors (Lipinski definition) is 0. The second-order valence-corrected chi connectivity index (χ2v) is 14.7. The molecule has 0 aliphatic carbocycles. The topological polar surface area (TPSA) is 48.8 Å². The highest BCUT2D eigenvalue weighted by atomic mass is 16.4. The summed E-state index contributed by atoms with van der Waals surface area (Å²) >= 11 is 0. The Bertz CT molecular complexity index is 2990. The highest BCUT2D eigenvalue weighted by Crippen LogP contribution is 2.36. The molecule has 0 atom stereocenters. The van der Waals surface area contributed by atoms with Crippen molar-refractivity contribution in [3.63, 3.8) is 0 Å². The Labute approximate surface area is 329 Å². The van der Waals surface area contributed by atoms with E-state index in [9.17, 15) is 0 Å². The van der Waals surface area contributed by atoms with E-state index in [1.165, 1.54) is 65.9 Å². The van der Waals surface area contributed by atoms with Crippen LogP contribution in [0.25, 0.3) is 88.8 Å². The van der Waals surface area contributed by atoms with Crippen molar-refractivity contribution in [2.45, 2.75) is 13.1 Å². The summed E-state index contributed by atoms with van der Waals surface area (Å²) < 4.78 is 11.1. The first kappa shape index (κ1) is 32.9. The molecule has 0 spiro atoms. The molecule has 0 aliphatic rings. The molecule has 3 heterocycles. The average Bonchev–Trinajstić information content (AvgIpc) is 3.98. The lowest BCUT2D eigenvalue weighted by Crippen LogP contribution is -1.98. The van der Waals surface area contributed by atoms with Gasteiger partial charge in [0.2, 0.25) is 11.8 Å². The van der Waals surface area contributed by atoms with E-state index in [-0.39, 0.29) is 0 Å². The molecule has 0 amide bonds. The van der Waals surface area contributed by atoms with Crippen LogP contribution in [0.3, 0.4) is 0 Å². The van der Waals surface area contributed by atoms with E-state index in [4.69, 9.17) is 4.42 Å². The van der Waals surface area contributed by atoms with Gasteiger partial charge in [-0.1, -0.05) is 133 Å². The Balaban J connectivity index is 0.844. The first-order valence-electron chi connectivity index (χ1n) is 19.4. The van der Waals surface area contributed by atoms with Crippen LogP contribution in [0.4, 0.5) is 0 Å². The van der Waals surface area contributed by atoms with E-state index in [0.29, 0.717) is 11.8 Å². The molecule has 0 fully saturated rings. The third kappa shape index (κ3) is 5.88. The van der Waals surface area contributed by atoms with Crippen molar-refractivity contribution in [1.82, 2.24) is 19.3 Å². The van der Waals surface area contributed by atoms with Gasteiger partial charge in [-0.2, -0.15) is 0 Å². The van der Waals surface area contributed by atoms with Crippen LogP contribution in [0.5, 0.6) is 0 Å². The van der Waals surface area contributed by atoms with E-state index in [2.05, 4.69) is 213 Å². The van der Waals surface area contributed by atoms with Crippen molar-refractivity contribution in [3.8, 4) is 45.2 Å². The highest BCUT2D eigenvalue weighted by Gasteiger charge is 2.16. The lowest BCUT2D eigenvalue weighted by atomic mass is 10.0. The maximum absolute atomic E-state index is 6.23. The van der Waals surface area contributed by atoms with Gasteiger partial charge in [0.15, 0.2) is 0 Å². The molecule has 0 aliphatic heterocycles. The summed E-state index contributed by atoms with van der Waals surface area (Å²) in [6, 6.07) is 69.0. The predicted molar refractivity (Wildman–Crippen MR) is 233 cm³/mol. The molecule has 3 aromatic heterocycles. The fourth-order valence-corrected chi connectivity index (χ4v) is 8.41. The lowest BCUT2D eigenvalue weighted by molar-refractivity contribution is 0.584. The van der Waals surface area contributed by atoms with Gasteiger partial charge in [0.05, 0.1) is 0 Å². The quantitative estimate of drug-likeness (QED) is 0.156. The van der Waals surface area contributed by atoms with Gasteiger partial charge in [0.25, 0.3) is 0 Å². The third-order valence-electron chi connectivity index (χ3n) is 11.3. The van der Waals surface area contributed by atoms with Crippen molar-refractivity contribution in [2.75, 3.05) is 0 Å². The van der Waals surface area contributed by atoms with Gasteiger partial charge in [0, 0.05) is 67.8 Å². The van der Waals surface area contributed by atoms with Crippen molar-refractivity contribution in [1.29, 1.82) is 0 Å². The maximum Gasteiger partial charge on any atom is 0.248 e. The largest absolute Gasteiger partial charge is 0.416 e. The van der Waals surface area contributed by atoms with Gasteiger partial charge < -0.3 is 13.6 Å². The molecule has 0 radical (unpaired) electrons. The smallest absolute Gasteiger partial charge is 0.248 e. The zero-order valence-corrected chi connectivity index (χ0v) is 31.1. The first-order chi connectivity index (χ1) is 28.2. The van der Waals surface area contributed by atoms with Crippen LogP contribution >= 0.6 is 0 Å². The second kappa shape index (κ2) is 13.7. The molecule has 11 aromatic rings. The molecule has 8 aromatic carbocycles. The van der Waals surface area contributed by atoms with Crippen molar-refractivity contribution in [2.24, 2.45) is 0 Å². The Morgan fingerprint density at radius 2 is 0.667 bits per heavy atom. The molecule has 0 N–H and O–H groups in total. The minimum Gasteiger partial charge on any atom is -0.416 e. The number of hydrogen-bond acceptors (Lipinski definition) is 3. The minimum absolute atomic E-state index is 0.498. The Kier molecular flexibility index (Phi) is 7.88. The molecule has 270 valence electrons. The van der Waals surface area contributed by atoms with Crippen LogP contribution in [-0.2, 0) is 13.1 Å². The molecule has 0 saturated heterocycles. The summed E-state index contributed by atoms with van der Waals surface area (Å²) in [7, 11) is 0. The van der Waals surface area contributed by atoms with Crippen molar-refractivity contribution < 1.29 is 4.42 Å². The summed E-state index contributed by atoms with van der Waals surface area (Å²) in [6.07, 6.45) is 0. The van der Waals surface area contributed by atoms with Crippen molar-refractivity contribution in [3.05, 3.63) is 205 Å². The average molecular weight is 733 g/mol. The Morgan fingerprint density at radius 3 is 1.11 bits per heavy atom. The molecule has 57 heavy (non-hydrogen) atoms. The zero-order valence-electron chi connectivity index (χ0n) is 31.1. The number of rotatable bonds is 8. The molecular formula is C52H36N4O. The van der Waals surface area contributed by atoms with Gasteiger partial charge in [-0.05, 0) is 94.0 Å². The summed E-state index contributed by atoms with van der Waals surface area (Å²) in [5.74, 6) is 0.995. The van der Waals surface area contributed by atoms with Crippen LogP contribution in [0.15, 0.2) is 199 Å². The number of para-hydroxylation sites is 2. The fourth-order valence-electron chi connectivity index (χ4n) is 8.41. The maximum atomic E-state index is 6.23. The van der Waals surface area contributed by atoms with E-state index in [0.717, 1.165) is 35.3 Å². The monoisotopic (exact) mass is 732 g/mol. The van der Waals surface area contributed by atoms with Crippen molar-refractivity contribution >= 4 is 43.6 Å². The van der Waals surface area contributed by atoms with Gasteiger partial charge in [-0.3, -0.25) is 0 Å². The minimum atomic E-state index is 0.498. The van der Waals surface area contributed by atoms with Crippen LogP contribution < -0.4 is 0 Å². The number of aromatic nitrogens is 4. The lowest BCUT2D eigenvalue weighted by Gasteiger charge is -2.08. The van der Waals surface area contributed by atoms with Crippen LogP contribution in [0.2, 0.25) is 0 Å². The van der Waals surface area contributed by atoms with E-state index < -0.39 is 0 Å². The van der Waals surface area contributed by atoms with Crippen LogP contribution in [-0.4, -0.2) is 19.3 Å². The summed E-state index contributed by atoms with van der Waals surface area (Å²) in [5, 5.41) is 13.9. The van der Waals surface area contributed by atoms with Gasteiger partial charge in [-0.25, -0.2) is 0 Å². The van der Waals surface area contributed by atoms with Gasteiger partial charge in [-0.15, -0.1) is 10.2 Å². The molecule has 5 heteroatoms. The molecule has 0 saturated carbocycles. The van der Waals surface area contributed by atoms with E-state index in [1.807, 2.05) is 0 Å². The normalized spacial score (nSPS) is 11.6. The molecule has 0 bridgehead atoms. The summed E-state index contributed by atoms with van der Waals surface area (Å²) in [6.45, 7) is 1.66. The third-order valence-corrected chi connectivity index (χ3v) is 11.3. The zero-order chi connectivity index (χ0) is 37.7. The van der Waals surface area contributed by atoms with Crippen LogP contribution in [0.1, 0.15) is 11.1 Å². The SMILES string of the molecule is c1ccc(Cn2c3ccccc3c3cc(-c4ccc(-c5nnc(-c6ccc(-c7ccc8c(c7)c7ccccc7n8Cc7ccccc7)cc6)o5)cc4)ccc32)cc1. The Morgan fingerprint density at radius 1 is 0.316 bits per heavy atom. The fraction of sp³-hybridized carbons (Fsp3) is 0.0385. The number of fused-ring (bicyclic) bond motifs is 6. The predicted octanol–water partition coefficient (Wildman–Crippen LogP) is 13.0. The molecule has 0 unspecified atom stereocenters. The van der Waals surface area contributed by atoms with Gasteiger partial charge in [0.1, 0.15) is 0 Å².